The zero-order valence-electron chi connectivity index (χ0n) is 9.52. The number of aromatic nitrogens is 2. The molecule has 1 heterocycles. The lowest BCUT2D eigenvalue weighted by Crippen LogP contribution is -2.14. The first kappa shape index (κ1) is 14.0. The highest BCUT2D eigenvalue weighted by molar-refractivity contribution is 7.93. The van der Waals surface area contributed by atoms with Crippen LogP contribution in [0, 0.1) is 12.7 Å². The van der Waals surface area contributed by atoms with Gasteiger partial charge in [-0.3, -0.25) is 4.72 Å². The van der Waals surface area contributed by atoms with Crippen LogP contribution in [0.15, 0.2) is 17.0 Å². The molecule has 102 valence electrons. The summed E-state index contributed by atoms with van der Waals surface area (Å²) >= 11 is 6.77. The fourth-order valence-electron chi connectivity index (χ4n) is 1.26. The van der Waals surface area contributed by atoms with E-state index in [-0.39, 0.29) is 20.7 Å². The minimum atomic E-state index is -3.99. The second kappa shape index (κ2) is 4.91. The Bertz CT molecular complexity index is 732. The third kappa shape index (κ3) is 2.94. The molecule has 6 nitrogen and oxygen atoms in total. The third-order valence-corrected chi connectivity index (χ3v) is 4.78. The van der Waals surface area contributed by atoms with Crippen LogP contribution in [0.4, 0.5) is 15.2 Å². The van der Waals surface area contributed by atoms with Gasteiger partial charge in [0.2, 0.25) is 5.13 Å². The van der Waals surface area contributed by atoms with Gasteiger partial charge in [-0.2, -0.15) is 0 Å². The molecule has 3 N–H and O–H groups in total. The van der Waals surface area contributed by atoms with E-state index in [9.17, 15) is 12.8 Å². The minimum Gasteiger partial charge on any atom is -0.396 e. The summed E-state index contributed by atoms with van der Waals surface area (Å²) in [4.78, 5) is -0.319. The van der Waals surface area contributed by atoms with Gasteiger partial charge in [0.05, 0.1) is 10.7 Å². The molecular weight excluding hydrogens is 315 g/mol. The van der Waals surface area contributed by atoms with Gasteiger partial charge in [-0.05, 0) is 19.1 Å². The average molecular weight is 323 g/mol. The quantitative estimate of drug-likeness (QED) is 0.842. The number of sulfonamides is 1. The van der Waals surface area contributed by atoms with E-state index in [1.54, 1.807) is 6.92 Å². The molecule has 1 aromatic heterocycles. The lowest BCUT2D eigenvalue weighted by molar-refractivity contribution is 0.600. The molecule has 0 bridgehead atoms. The smallest absolute Gasteiger partial charge is 0.265 e. The minimum absolute atomic E-state index is 0.0939. The van der Waals surface area contributed by atoms with Crippen LogP contribution in [-0.2, 0) is 10.0 Å². The Morgan fingerprint density at radius 3 is 2.68 bits per heavy atom. The number of nitrogens with two attached hydrogens (primary N) is 1. The first-order valence-electron chi connectivity index (χ1n) is 4.87. The summed E-state index contributed by atoms with van der Waals surface area (Å²) in [6.07, 6.45) is 0. The van der Waals surface area contributed by atoms with Crippen molar-refractivity contribution in [3.05, 3.63) is 28.0 Å². The Morgan fingerprint density at radius 2 is 2.11 bits per heavy atom. The van der Waals surface area contributed by atoms with E-state index < -0.39 is 15.8 Å². The van der Waals surface area contributed by atoms with Crippen molar-refractivity contribution < 1.29 is 12.8 Å². The maximum absolute atomic E-state index is 13.1. The molecule has 0 spiro atoms. The number of anilines is 2. The van der Waals surface area contributed by atoms with Gasteiger partial charge >= 0.3 is 0 Å². The van der Waals surface area contributed by atoms with Crippen molar-refractivity contribution in [2.45, 2.75) is 11.8 Å². The molecule has 0 atom stereocenters. The highest BCUT2D eigenvalue weighted by Crippen LogP contribution is 2.28. The van der Waals surface area contributed by atoms with Crippen molar-refractivity contribution in [1.29, 1.82) is 0 Å². The van der Waals surface area contributed by atoms with Crippen LogP contribution in [-0.4, -0.2) is 18.6 Å². The van der Waals surface area contributed by atoms with Crippen LogP contribution in [0.1, 0.15) is 5.01 Å². The van der Waals surface area contributed by atoms with Crippen LogP contribution in [0.2, 0.25) is 5.02 Å². The first-order valence-corrected chi connectivity index (χ1v) is 7.55. The van der Waals surface area contributed by atoms with Crippen molar-refractivity contribution in [2.75, 3.05) is 10.5 Å². The van der Waals surface area contributed by atoms with E-state index in [0.717, 1.165) is 23.5 Å². The SMILES string of the molecule is Cc1nnc(NS(=O)(=O)c2cc(N)c(F)cc2Cl)s1. The predicted octanol–water partition coefficient (Wildman–Crippen LogP) is 2.02. The monoisotopic (exact) mass is 322 g/mol. The number of halogens is 2. The highest BCUT2D eigenvalue weighted by Gasteiger charge is 2.21. The lowest BCUT2D eigenvalue weighted by atomic mass is 10.3. The molecule has 0 amide bonds. The van der Waals surface area contributed by atoms with Crippen molar-refractivity contribution in [3.63, 3.8) is 0 Å². The van der Waals surface area contributed by atoms with E-state index in [4.69, 9.17) is 17.3 Å². The molecule has 0 unspecified atom stereocenters. The Morgan fingerprint density at radius 1 is 1.42 bits per heavy atom. The van der Waals surface area contributed by atoms with Crippen molar-refractivity contribution in [1.82, 2.24) is 10.2 Å². The fourth-order valence-corrected chi connectivity index (χ4v) is 3.63. The van der Waals surface area contributed by atoms with E-state index in [1.807, 2.05) is 0 Å². The van der Waals surface area contributed by atoms with Crippen LogP contribution in [0.3, 0.4) is 0 Å². The van der Waals surface area contributed by atoms with Crippen LogP contribution in [0.5, 0.6) is 0 Å². The van der Waals surface area contributed by atoms with E-state index in [2.05, 4.69) is 14.9 Å². The summed E-state index contributed by atoms with van der Waals surface area (Å²) in [6, 6.07) is 1.80. The second-order valence-electron chi connectivity index (χ2n) is 3.54. The number of rotatable bonds is 3. The molecule has 2 aromatic rings. The summed E-state index contributed by atoms with van der Waals surface area (Å²) in [5, 5.41) is 7.73. The van der Waals surface area contributed by atoms with Gasteiger partial charge in [-0.15, -0.1) is 10.2 Å². The number of hydrogen-bond donors (Lipinski definition) is 2. The molecule has 19 heavy (non-hydrogen) atoms. The van der Waals surface area contributed by atoms with E-state index >= 15 is 0 Å². The Labute approximate surface area is 117 Å². The summed E-state index contributed by atoms with van der Waals surface area (Å²) < 4.78 is 39.5. The molecule has 0 aliphatic rings. The van der Waals surface area contributed by atoms with Crippen molar-refractivity contribution in [2.24, 2.45) is 0 Å². The molecule has 2 rings (SSSR count). The standard InChI is InChI=1S/C9H8ClFN4O2S2/c1-4-13-14-9(18-4)15-19(16,17)8-3-7(12)6(11)2-5(8)10/h2-3H,12H2,1H3,(H,14,15). The Hall–Kier alpha value is -1.45. The molecule has 0 fully saturated rings. The second-order valence-corrected chi connectivity index (χ2v) is 6.78. The van der Waals surface area contributed by atoms with Gasteiger partial charge in [0, 0.05) is 0 Å². The summed E-state index contributed by atoms with van der Waals surface area (Å²) in [6.45, 7) is 1.68. The zero-order valence-corrected chi connectivity index (χ0v) is 11.9. The summed E-state index contributed by atoms with van der Waals surface area (Å²) in [7, 11) is -3.99. The summed E-state index contributed by atoms with van der Waals surface area (Å²) in [5.74, 6) is -0.782. The number of nitrogens with one attached hydrogen (secondary N) is 1. The Kier molecular flexibility index (Phi) is 3.61. The van der Waals surface area contributed by atoms with E-state index in [1.165, 1.54) is 0 Å². The van der Waals surface area contributed by atoms with Gasteiger partial charge in [0.15, 0.2) is 0 Å². The molecule has 0 saturated heterocycles. The summed E-state index contributed by atoms with van der Waals surface area (Å²) in [5.41, 5.74) is 5.03. The Balaban J connectivity index is 2.42. The highest BCUT2D eigenvalue weighted by atomic mass is 35.5. The molecule has 0 saturated carbocycles. The van der Waals surface area contributed by atoms with Gasteiger partial charge in [-0.1, -0.05) is 22.9 Å². The normalized spacial score (nSPS) is 11.5. The van der Waals surface area contributed by atoms with Crippen LogP contribution < -0.4 is 10.5 Å². The molecular formula is C9H8ClFN4O2S2. The number of hydrogen-bond acceptors (Lipinski definition) is 6. The largest absolute Gasteiger partial charge is 0.396 e. The van der Waals surface area contributed by atoms with Crippen LogP contribution in [0.25, 0.3) is 0 Å². The number of nitrogen functional groups attached to an aromatic ring is 1. The zero-order chi connectivity index (χ0) is 14.2. The maximum Gasteiger partial charge on any atom is 0.265 e. The number of nitrogens with zero attached hydrogens (tertiary/aromatic N) is 2. The molecule has 0 aliphatic carbocycles. The van der Waals surface area contributed by atoms with Crippen molar-refractivity contribution >= 4 is 43.8 Å². The lowest BCUT2D eigenvalue weighted by Gasteiger charge is -2.08. The van der Waals surface area contributed by atoms with Gasteiger partial charge < -0.3 is 5.73 Å². The molecule has 10 heteroatoms. The van der Waals surface area contributed by atoms with Gasteiger partial charge in [-0.25, -0.2) is 12.8 Å². The maximum atomic E-state index is 13.1. The topological polar surface area (TPSA) is 98.0 Å². The average Bonchev–Trinajstić information content (AvgIpc) is 2.68. The molecule has 0 radical (unpaired) electrons. The first-order chi connectivity index (χ1) is 8.79. The van der Waals surface area contributed by atoms with E-state index in [0.29, 0.717) is 5.01 Å². The van der Waals surface area contributed by atoms with Gasteiger partial charge in [0.25, 0.3) is 10.0 Å². The number of benzene rings is 1. The molecule has 1 aromatic carbocycles. The molecule has 0 aliphatic heterocycles. The predicted molar refractivity (Wildman–Crippen MR) is 71.3 cm³/mol. The third-order valence-electron chi connectivity index (χ3n) is 2.09. The van der Waals surface area contributed by atoms with Gasteiger partial charge in [0.1, 0.15) is 15.7 Å². The number of aryl methyl sites for hydroxylation is 1. The fraction of sp³-hybridized carbons (Fsp3) is 0.111. The van der Waals surface area contributed by atoms with Crippen molar-refractivity contribution in [3.8, 4) is 0 Å². The van der Waals surface area contributed by atoms with Crippen LogP contribution >= 0.6 is 22.9 Å².